The van der Waals surface area contributed by atoms with Crippen molar-refractivity contribution in [1.82, 2.24) is 4.98 Å². The summed E-state index contributed by atoms with van der Waals surface area (Å²) in [6.45, 7) is 8.40. The SMILES string of the molecule is Cc1cc(C)c(C=Nc2ccc(C)[nH]2)c(C)c1. The van der Waals surface area contributed by atoms with Crippen molar-refractivity contribution in [3.05, 3.63) is 52.2 Å². The lowest BCUT2D eigenvalue weighted by Gasteiger charge is -2.06. The molecule has 0 fully saturated rings. The summed E-state index contributed by atoms with van der Waals surface area (Å²) in [5.41, 5.74) is 6.19. The van der Waals surface area contributed by atoms with Crippen LogP contribution in [0.5, 0.6) is 0 Å². The van der Waals surface area contributed by atoms with Crippen LogP contribution in [0.4, 0.5) is 5.82 Å². The van der Waals surface area contributed by atoms with Gasteiger partial charge in [-0.3, -0.25) is 0 Å². The Labute approximate surface area is 102 Å². The van der Waals surface area contributed by atoms with Crippen molar-refractivity contribution in [3.63, 3.8) is 0 Å². The number of aliphatic imine (C=N–C) groups is 1. The molecule has 2 aromatic rings. The first kappa shape index (κ1) is 11.6. The van der Waals surface area contributed by atoms with Crippen LogP contribution in [0.1, 0.15) is 27.9 Å². The Hall–Kier alpha value is -1.83. The lowest BCUT2D eigenvalue weighted by molar-refractivity contribution is 1.24. The van der Waals surface area contributed by atoms with Gasteiger partial charge in [-0.1, -0.05) is 17.7 Å². The summed E-state index contributed by atoms with van der Waals surface area (Å²) in [5, 5.41) is 0. The Balaban J connectivity index is 2.33. The third kappa shape index (κ3) is 2.64. The lowest BCUT2D eigenvalue weighted by atomic mass is 10.0. The molecule has 17 heavy (non-hydrogen) atoms. The number of aromatic nitrogens is 1. The molecule has 0 aliphatic heterocycles. The molecule has 0 aliphatic rings. The Bertz CT molecular complexity index is 539. The first-order chi connectivity index (χ1) is 8.06. The molecule has 0 saturated heterocycles. The molecule has 1 aromatic carbocycles. The van der Waals surface area contributed by atoms with Gasteiger partial charge in [-0.05, 0) is 56.5 Å². The maximum Gasteiger partial charge on any atom is 0.130 e. The van der Waals surface area contributed by atoms with Gasteiger partial charge in [0.25, 0.3) is 0 Å². The monoisotopic (exact) mass is 226 g/mol. The van der Waals surface area contributed by atoms with E-state index >= 15 is 0 Å². The second-order valence-corrected chi connectivity index (χ2v) is 4.60. The minimum Gasteiger partial charge on any atom is -0.344 e. The van der Waals surface area contributed by atoms with Gasteiger partial charge in [-0.25, -0.2) is 4.99 Å². The van der Waals surface area contributed by atoms with Gasteiger partial charge >= 0.3 is 0 Å². The maximum absolute atomic E-state index is 4.47. The molecule has 0 amide bonds. The van der Waals surface area contributed by atoms with Crippen molar-refractivity contribution in [2.45, 2.75) is 27.7 Å². The van der Waals surface area contributed by atoms with E-state index in [1.54, 1.807) is 0 Å². The number of hydrogen-bond donors (Lipinski definition) is 1. The van der Waals surface area contributed by atoms with Crippen LogP contribution in [0.25, 0.3) is 0 Å². The predicted molar refractivity (Wildman–Crippen MR) is 73.4 cm³/mol. The molecule has 2 heteroatoms. The number of rotatable bonds is 2. The first-order valence-corrected chi connectivity index (χ1v) is 5.84. The summed E-state index contributed by atoms with van der Waals surface area (Å²) in [6, 6.07) is 8.40. The zero-order chi connectivity index (χ0) is 12.4. The Morgan fingerprint density at radius 1 is 1.00 bits per heavy atom. The molecular weight excluding hydrogens is 208 g/mol. The van der Waals surface area contributed by atoms with Gasteiger partial charge in [-0.2, -0.15) is 0 Å². The second kappa shape index (κ2) is 4.58. The molecule has 2 nitrogen and oxygen atoms in total. The molecule has 0 bridgehead atoms. The van der Waals surface area contributed by atoms with E-state index in [9.17, 15) is 0 Å². The minimum absolute atomic E-state index is 0.905. The molecule has 1 N–H and O–H groups in total. The smallest absolute Gasteiger partial charge is 0.130 e. The van der Waals surface area contributed by atoms with Crippen LogP contribution in [0, 0.1) is 27.7 Å². The van der Waals surface area contributed by atoms with Crippen LogP contribution < -0.4 is 0 Å². The van der Waals surface area contributed by atoms with Crippen LogP contribution in [-0.4, -0.2) is 11.2 Å². The number of H-pyrrole nitrogens is 1. The topological polar surface area (TPSA) is 28.1 Å². The number of aryl methyl sites for hydroxylation is 4. The van der Waals surface area contributed by atoms with E-state index in [1.807, 2.05) is 25.3 Å². The first-order valence-electron chi connectivity index (χ1n) is 5.84. The molecular formula is C15H18N2. The zero-order valence-electron chi connectivity index (χ0n) is 10.8. The number of aromatic amines is 1. The highest BCUT2D eigenvalue weighted by atomic mass is 14.9. The van der Waals surface area contributed by atoms with Crippen LogP contribution in [-0.2, 0) is 0 Å². The van der Waals surface area contributed by atoms with Crippen LogP contribution in [0.15, 0.2) is 29.3 Å². The van der Waals surface area contributed by atoms with Crippen LogP contribution in [0.3, 0.4) is 0 Å². The van der Waals surface area contributed by atoms with Crippen molar-refractivity contribution in [2.24, 2.45) is 4.99 Å². The average Bonchev–Trinajstić information content (AvgIpc) is 2.62. The van der Waals surface area contributed by atoms with Gasteiger partial charge < -0.3 is 4.98 Å². The van der Waals surface area contributed by atoms with E-state index in [4.69, 9.17) is 0 Å². The Morgan fingerprint density at radius 3 is 2.18 bits per heavy atom. The number of hydrogen-bond acceptors (Lipinski definition) is 1. The van der Waals surface area contributed by atoms with E-state index < -0.39 is 0 Å². The van der Waals surface area contributed by atoms with Gasteiger partial charge in [0.2, 0.25) is 0 Å². The third-order valence-corrected chi connectivity index (χ3v) is 2.89. The van der Waals surface area contributed by atoms with Gasteiger partial charge in [-0.15, -0.1) is 0 Å². The van der Waals surface area contributed by atoms with Crippen molar-refractivity contribution in [1.29, 1.82) is 0 Å². The number of nitrogens with one attached hydrogen (secondary N) is 1. The molecule has 0 spiro atoms. The van der Waals surface area contributed by atoms with Crippen molar-refractivity contribution < 1.29 is 0 Å². The van der Waals surface area contributed by atoms with E-state index in [2.05, 4.69) is 42.9 Å². The van der Waals surface area contributed by atoms with Crippen molar-refractivity contribution >= 4 is 12.0 Å². The van der Waals surface area contributed by atoms with Crippen molar-refractivity contribution in [3.8, 4) is 0 Å². The molecule has 0 aliphatic carbocycles. The zero-order valence-corrected chi connectivity index (χ0v) is 10.8. The summed E-state index contributed by atoms with van der Waals surface area (Å²) in [6.07, 6.45) is 1.94. The third-order valence-electron chi connectivity index (χ3n) is 2.89. The van der Waals surface area contributed by atoms with E-state index in [0.717, 1.165) is 11.5 Å². The number of benzene rings is 1. The maximum atomic E-state index is 4.47. The fraction of sp³-hybridized carbons (Fsp3) is 0.267. The molecule has 1 aromatic heterocycles. The standard InChI is InChI=1S/C15H18N2/c1-10-7-11(2)14(12(3)8-10)9-16-15-6-5-13(4)17-15/h5-9,17H,1-4H3. The molecule has 0 unspecified atom stereocenters. The van der Waals surface area contributed by atoms with Crippen LogP contribution >= 0.6 is 0 Å². The summed E-state index contributed by atoms with van der Waals surface area (Å²) < 4.78 is 0. The minimum atomic E-state index is 0.905. The highest BCUT2D eigenvalue weighted by Gasteiger charge is 2.01. The highest BCUT2D eigenvalue weighted by Crippen LogP contribution is 2.16. The van der Waals surface area contributed by atoms with Crippen molar-refractivity contribution in [2.75, 3.05) is 0 Å². The van der Waals surface area contributed by atoms with E-state index in [1.165, 1.54) is 22.3 Å². The quantitative estimate of drug-likeness (QED) is 0.750. The Kier molecular flexibility index (Phi) is 3.14. The summed E-state index contributed by atoms with van der Waals surface area (Å²) in [7, 11) is 0. The van der Waals surface area contributed by atoms with Gasteiger partial charge in [0.15, 0.2) is 0 Å². The molecule has 88 valence electrons. The fourth-order valence-electron chi connectivity index (χ4n) is 2.09. The fourth-order valence-corrected chi connectivity index (χ4v) is 2.09. The molecule has 1 heterocycles. The van der Waals surface area contributed by atoms with Gasteiger partial charge in [0.1, 0.15) is 5.82 Å². The highest BCUT2D eigenvalue weighted by molar-refractivity contribution is 5.85. The summed E-state index contributed by atoms with van der Waals surface area (Å²) >= 11 is 0. The van der Waals surface area contributed by atoms with Gasteiger partial charge in [0.05, 0.1) is 0 Å². The van der Waals surface area contributed by atoms with Crippen LogP contribution in [0.2, 0.25) is 0 Å². The Morgan fingerprint density at radius 2 is 1.65 bits per heavy atom. The number of nitrogens with zero attached hydrogens (tertiary/aromatic N) is 1. The molecule has 0 saturated carbocycles. The molecule has 0 radical (unpaired) electrons. The lowest BCUT2D eigenvalue weighted by Crippen LogP contribution is -1.93. The molecule has 2 rings (SSSR count). The summed E-state index contributed by atoms with van der Waals surface area (Å²) in [4.78, 5) is 7.67. The van der Waals surface area contributed by atoms with E-state index in [0.29, 0.717) is 0 Å². The predicted octanol–water partition coefficient (Wildman–Crippen LogP) is 4.00. The second-order valence-electron chi connectivity index (χ2n) is 4.60. The average molecular weight is 226 g/mol. The van der Waals surface area contributed by atoms with E-state index in [-0.39, 0.29) is 0 Å². The summed E-state index contributed by atoms with van der Waals surface area (Å²) in [5.74, 6) is 0.905. The van der Waals surface area contributed by atoms with Gasteiger partial charge in [0, 0.05) is 11.9 Å². The molecule has 0 atom stereocenters. The largest absolute Gasteiger partial charge is 0.344 e. The normalized spacial score (nSPS) is 11.3.